The molecule has 0 saturated carbocycles. The Morgan fingerprint density at radius 3 is 1.90 bits per heavy atom. The summed E-state index contributed by atoms with van der Waals surface area (Å²) in [4.78, 5) is 0. The van der Waals surface area contributed by atoms with Gasteiger partial charge in [-0.2, -0.15) is 0 Å². The first-order valence-electron chi connectivity index (χ1n) is 7.25. The third-order valence-electron chi connectivity index (χ3n) is 3.69. The molecule has 112 valence electrons. The highest BCUT2D eigenvalue weighted by atomic mass is 19.1. The average Bonchev–Trinajstić information content (AvgIpc) is 2.45. The van der Waals surface area contributed by atoms with Crippen molar-refractivity contribution in [1.82, 2.24) is 5.32 Å². The van der Waals surface area contributed by atoms with Gasteiger partial charge in [-0.05, 0) is 30.5 Å². The van der Waals surface area contributed by atoms with E-state index in [0.29, 0.717) is 5.92 Å². The molecule has 0 heterocycles. The summed E-state index contributed by atoms with van der Waals surface area (Å²) >= 11 is 0. The van der Waals surface area contributed by atoms with E-state index in [0.717, 1.165) is 5.56 Å². The Labute approximate surface area is 125 Å². The predicted octanol–water partition coefficient (Wildman–Crippen LogP) is 5.01. The van der Waals surface area contributed by atoms with Gasteiger partial charge in [0.25, 0.3) is 0 Å². The van der Waals surface area contributed by atoms with Crippen molar-refractivity contribution in [3.63, 3.8) is 0 Å². The Bertz CT molecular complexity index is 561. The fraction of sp³-hybridized carbons (Fsp3) is 0.333. The molecular formula is C18H21F2N. The van der Waals surface area contributed by atoms with E-state index >= 15 is 0 Å². The van der Waals surface area contributed by atoms with Crippen LogP contribution in [-0.4, -0.2) is 0 Å². The first-order chi connectivity index (χ1) is 10.0. The van der Waals surface area contributed by atoms with Gasteiger partial charge in [-0.15, -0.1) is 0 Å². The highest BCUT2D eigenvalue weighted by Gasteiger charge is 2.22. The summed E-state index contributed by atoms with van der Waals surface area (Å²) in [5.74, 6) is -0.708. The molecule has 0 aromatic heterocycles. The van der Waals surface area contributed by atoms with Crippen molar-refractivity contribution in [2.75, 3.05) is 0 Å². The summed E-state index contributed by atoms with van der Waals surface area (Å²) in [6, 6.07) is 13.6. The van der Waals surface area contributed by atoms with Crippen LogP contribution in [0, 0.1) is 17.6 Å². The second-order valence-electron chi connectivity index (χ2n) is 5.66. The summed E-state index contributed by atoms with van der Waals surface area (Å²) in [5.41, 5.74) is 1.22. The molecule has 0 amide bonds. The summed E-state index contributed by atoms with van der Waals surface area (Å²) in [7, 11) is 0. The van der Waals surface area contributed by atoms with Crippen molar-refractivity contribution in [2.45, 2.75) is 32.9 Å². The minimum absolute atomic E-state index is 0.0419. The van der Waals surface area contributed by atoms with Gasteiger partial charge in [-0.3, -0.25) is 0 Å². The second-order valence-corrected chi connectivity index (χ2v) is 5.66. The molecule has 2 rings (SSSR count). The molecule has 2 aromatic carbocycles. The first-order valence-corrected chi connectivity index (χ1v) is 7.25. The number of hydrogen-bond donors (Lipinski definition) is 1. The molecule has 1 nitrogen and oxygen atoms in total. The van der Waals surface area contributed by atoms with Gasteiger partial charge < -0.3 is 5.32 Å². The minimum atomic E-state index is -0.509. The number of nitrogens with one attached hydrogen (secondary N) is 1. The molecule has 3 heteroatoms. The lowest BCUT2D eigenvalue weighted by Crippen LogP contribution is -2.29. The molecule has 0 bridgehead atoms. The van der Waals surface area contributed by atoms with E-state index in [-0.39, 0.29) is 11.6 Å². The van der Waals surface area contributed by atoms with Gasteiger partial charge in [0.1, 0.15) is 11.6 Å². The fourth-order valence-electron chi connectivity index (χ4n) is 2.61. The monoisotopic (exact) mass is 289 g/mol. The fourth-order valence-corrected chi connectivity index (χ4v) is 2.61. The van der Waals surface area contributed by atoms with Crippen LogP contribution in [0.25, 0.3) is 0 Å². The molecule has 0 aliphatic carbocycles. The van der Waals surface area contributed by atoms with Crippen LogP contribution < -0.4 is 5.32 Å². The SMILES string of the molecule is CC(NC(c1ccccc1)C(C)C)c1c(F)cccc1F. The van der Waals surface area contributed by atoms with Gasteiger partial charge in [0, 0.05) is 17.6 Å². The standard InChI is InChI=1S/C18H21F2N/c1-12(2)18(14-8-5-4-6-9-14)21-13(3)17-15(19)10-7-11-16(17)20/h4-13,18,21H,1-3H3. The van der Waals surface area contributed by atoms with Gasteiger partial charge in [-0.25, -0.2) is 8.78 Å². The Morgan fingerprint density at radius 2 is 1.38 bits per heavy atom. The van der Waals surface area contributed by atoms with Gasteiger partial charge in [0.2, 0.25) is 0 Å². The highest BCUT2D eigenvalue weighted by molar-refractivity contribution is 5.25. The molecule has 0 spiro atoms. The highest BCUT2D eigenvalue weighted by Crippen LogP contribution is 2.27. The molecule has 0 radical (unpaired) electrons. The molecule has 1 N–H and O–H groups in total. The number of rotatable bonds is 5. The Balaban J connectivity index is 2.25. The van der Waals surface area contributed by atoms with E-state index in [2.05, 4.69) is 19.2 Å². The molecular weight excluding hydrogens is 268 g/mol. The molecule has 0 aliphatic heterocycles. The maximum Gasteiger partial charge on any atom is 0.130 e. The van der Waals surface area contributed by atoms with E-state index in [1.807, 2.05) is 30.3 Å². The third-order valence-corrected chi connectivity index (χ3v) is 3.69. The van der Waals surface area contributed by atoms with E-state index in [1.165, 1.54) is 18.2 Å². The van der Waals surface area contributed by atoms with Gasteiger partial charge >= 0.3 is 0 Å². The first kappa shape index (κ1) is 15.6. The third kappa shape index (κ3) is 3.67. The second kappa shape index (κ2) is 6.81. The van der Waals surface area contributed by atoms with E-state index in [1.54, 1.807) is 6.92 Å². The maximum absolute atomic E-state index is 13.9. The van der Waals surface area contributed by atoms with Crippen LogP contribution in [0.3, 0.4) is 0 Å². The van der Waals surface area contributed by atoms with Crippen LogP contribution in [0.2, 0.25) is 0 Å². The summed E-state index contributed by atoms with van der Waals surface area (Å²) < 4.78 is 27.7. The summed E-state index contributed by atoms with van der Waals surface area (Å²) in [5, 5.41) is 3.35. The van der Waals surface area contributed by atoms with E-state index < -0.39 is 17.7 Å². The number of hydrogen-bond acceptors (Lipinski definition) is 1. The van der Waals surface area contributed by atoms with E-state index in [9.17, 15) is 8.78 Å². The predicted molar refractivity (Wildman–Crippen MR) is 81.9 cm³/mol. The number of halogens is 2. The zero-order chi connectivity index (χ0) is 15.4. The minimum Gasteiger partial charge on any atom is -0.303 e. The zero-order valence-electron chi connectivity index (χ0n) is 12.6. The topological polar surface area (TPSA) is 12.0 Å². The van der Waals surface area contributed by atoms with Crippen LogP contribution >= 0.6 is 0 Å². The largest absolute Gasteiger partial charge is 0.303 e. The van der Waals surface area contributed by atoms with Crippen molar-refractivity contribution >= 4 is 0 Å². The molecule has 0 fully saturated rings. The molecule has 2 unspecified atom stereocenters. The number of benzene rings is 2. The summed E-state index contributed by atoms with van der Waals surface area (Å²) in [6.45, 7) is 5.98. The molecule has 2 atom stereocenters. The Kier molecular flexibility index (Phi) is 5.07. The van der Waals surface area contributed by atoms with E-state index in [4.69, 9.17) is 0 Å². The van der Waals surface area contributed by atoms with Crippen molar-refractivity contribution in [3.8, 4) is 0 Å². The molecule has 21 heavy (non-hydrogen) atoms. The smallest absolute Gasteiger partial charge is 0.130 e. The maximum atomic E-state index is 13.9. The van der Waals surface area contributed by atoms with Gasteiger partial charge in [0.05, 0.1) is 0 Å². The van der Waals surface area contributed by atoms with Crippen LogP contribution in [0.15, 0.2) is 48.5 Å². The zero-order valence-corrected chi connectivity index (χ0v) is 12.6. The van der Waals surface area contributed by atoms with Gasteiger partial charge in [-0.1, -0.05) is 50.2 Å². The molecule has 0 aliphatic rings. The Morgan fingerprint density at radius 1 is 0.810 bits per heavy atom. The molecule has 0 saturated heterocycles. The van der Waals surface area contributed by atoms with Crippen molar-refractivity contribution in [2.24, 2.45) is 5.92 Å². The van der Waals surface area contributed by atoms with Crippen LogP contribution in [0.5, 0.6) is 0 Å². The quantitative estimate of drug-likeness (QED) is 0.815. The lowest BCUT2D eigenvalue weighted by molar-refractivity contribution is 0.362. The van der Waals surface area contributed by atoms with Crippen LogP contribution in [-0.2, 0) is 0 Å². The average molecular weight is 289 g/mol. The Hall–Kier alpha value is -1.74. The van der Waals surface area contributed by atoms with Crippen molar-refractivity contribution < 1.29 is 8.78 Å². The lowest BCUT2D eigenvalue weighted by Gasteiger charge is -2.27. The normalized spacial score (nSPS) is 14.2. The van der Waals surface area contributed by atoms with Gasteiger partial charge in [0.15, 0.2) is 0 Å². The molecule has 2 aromatic rings. The van der Waals surface area contributed by atoms with Crippen LogP contribution in [0.4, 0.5) is 8.78 Å². The van der Waals surface area contributed by atoms with Crippen LogP contribution in [0.1, 0.15) is 44.0 Å². The summed E-state index contributed by atoms with van der Waals surface area (Å²) in [6.07, 6.45) is 0. The van der Waals surface area contributed by atoms with Crippen molar-refractivity contribution in [1.29, 1.82) is 0 Å². The van der Waals surface area contributed by atoms with Crippen molar-refractivity contribution in [3.05, 3.63) is 71.3 Å². The lowest BCUT2D eigenvalue weighted by atomic mass is 9.94.